The van der Waals surface area contributed by atoms with Gasteiger partial charge in [-0.3, -0.25) is 9.59 Å². The molecule has 114 valence electrons. The molecular weight excluding hydrogens is 309 g/mol. The highest BCUT2D eigenvalue weighted by Crippen LogP contribution is 2.19. The van der Waals surface area contributed by atoms with Gasteiger partial charge < -0.3 is 10.1 Å². The van der Waals surface area contributed by atoms with Crippen LogP contribution in [-0.4, -0.2) is 18.3 Å². The molecule has 0 aliphatic carbocycles. The zero-order valence-corrected chi connectivity index (χ0v) is 12.5. The third-order valence-electron chi connectivity index (χ3n) is 2.76. The smallest absolute Gasteiger partial charge is 0.221 e. The van der Waals surface area contributed by atoms with Crippen molar-refractivity contribution in [2.45, 2.75) is 6.92 Å². The first-order chi connectivity index (χ1) is 10.5. The Morgan fingerprint density at radius 3 is 2.64 bits per heavy atom. The molecule has 0 atom stereocenters. The number of halogens is 2. The molecule has 4 nitrogen and oxygen atoms in total. The van der Waals surface area contributed by atoms with Crippen LogP contribution >= 0.6 is 11.6 Å². The molecule has 0 heterocycles. The third kappa shape index (κ3) is 4.30. The number of hydrogen-bond acceptors (Lipinski definition) is 3. The second-order valence-corrected chi connectivity index (χ2v) is 4.98. The lowest BCUT2D eigenvalue weighted by Gasteiger charge is -2.08. The molecule has 0 unspecified atom stereocenters. The Morgan fingerprint density at radius 2 is 2.00 bits per heavy atom. The Bertz CT molecular complexity index is 718. The van der Waals surface area contributed by atoms with Gasteiger partial charge in [0, 0.05) is 17.6 Å². The van der Waals surface area contributed by atoms with Crippen molar-refractivity contribution in [2.75, 3.05) is 11.9 Å². The van der Waals surface area contributed by atoms with Crippen molar-refractivity contribution in [1.82, 2.24) is 0 Å². The number of rotatable bonds is 5. The van der Waals surface area contributed by atoms with Crippen molar-refractivity contribution >= 4 is 29.0 Å². The number of carbonyl (C=O) groups excluding carboxylic acids is 2. The molecule has 0 bridgehead atoms. The number of ether oxygens (including phenoxy) is 1. The summed E-state index contributed by atoms with van der Waals surface area (Å²) in [5.41, 5.74) is 0.188. The van der Waals surface area contributed by atoms with Crippen molar-refractivity contribution in [2.24, 2.45) is 0 Å². The number of carbonyl (C=O) groups is 2. The zero-order chi connectivity index (χ0) is 16.1. The van der Waals surface area contributed by atoms with E-state index >= 15 is 0 Å². The van der Waals surface area contributed by atoms with Gasteiger partial charge in [0.2, 0.25) is 11.7 Å². The lowest BCUT2D eigenvalue weighted by molar-refractivity contribution is -0.114. The Kier molecular flexibility index (Phi) is 5.12. The largest absolute Gasteiger partial charge is 0.485 e. The average Bonchev–Trinajstić information content (AvgIpc) is 2.44. The molecule has 22 heavy (non-hydrogen) atoms. The minimum atomic E-state index is -0.717. The predicted molar refractivity (Wildman–Crippen MR) is 82.0 cm³/mol. The van der Waals surface area contributed by atoms with Crippen LogP contribution in [0.3, 0.4) is 0 Å². The standard InChI is InChI=1S/C16H13ClFNO3/c1-10(20)19-12-5-6-14(15(18)8-12)16(21)9-22-13-4-2-3-11(17)7-13/h2-8H,9H2,1H3,(H,19,20). The molecule has 0 saturated carbocycles. The number of anilines is 1. The van der Waals surface area contributed by atoms with Crippen LogP contribution in [0.1, 0.15) is 17.3 Å². The van der Waals surface area contributed by atoms with E-state index in [1.165, 1.54) is 19.1 Å². The van der Waals surface area contributed by atoms with Crippen molar-refractivity contribution in [3.05, 3.63) is 58.9 Å². The number of Topliss-reactive ketones (excluding diaryl/α,β-unsaturated/α-hetero) is 1. The van der Waals surface area contributed by atoms with E-state index in [2.05, 4.69) is 5.32 Å². The zero-order valence-electron chi connectivity index (χ0n) is 11.7. The summed E-state index contributed by atoms with van der Waals surface area (Å²) in [5.74, 6) is -1.11. The van der Waals surface area contributed by atoms with Crippen molar-refractivity contribution in [3.63, 3.8) is 0 Å². The summed E-state index contributed by atoms with van der Waals surface area (Å²) in [6.07, 6.45) is 0. The number of amides is 1. The van der Waals surface area contributed by atoms with Gasteiger partial charge in [-0.05, 0) is 36.4 Å². The molecule has 0 spiro atoms. The van der Waals surface area contributed by atoms with Crippen LogP contribution in [0.5, 0.6) is 5.75 Å². The fraction of sp³-hybridized carbons (Fsp3) is 0.125. The minimum absolute atomic E-state index is 0.101. The fourth-order valence-electron chi connectivity index (χ4n) is 1.81. The Balaban J connectivity index is 2.05. The molecule has 6 heteroatoms. The first kappa shape index (κ1) is 16.0. The second kappa shape index (κ2) is 7.04. The maximum absolute atomic E-state index is 13.9. The van der Waals surface area contributed by atoms with Gasteiger partial charge >= 0.3 is 0 Å². The van der Waals surface area contributed by atoms with Gasteiger partial charge in [0.1, 0.15) is 11.6 Å². The fourth-order valence-corrected chi connectivity index (χ4v) is 1.99. The summed E-state index contributed by atoms with van der Waals surface area (Å²) in [6, 6.07) is 10.4. The van der Waals surface area contributed by atoms with Crippen LogP contribution < -0.4 is 10.1 Å². The van der Waals surface area contributed by atoms with E-state index in [1.54, 1.807) is 24.3 Å². The van der Waals surface area contributed by atoms with E-state index in [9.17, 15) is 14.0 Å². The van der Waals surface area contributed by atoms with Crippen molar-refractivity contribution in [1.29, 1.82) is 0 Å². The summed E-state index contributed by atoms with van der Waals surface area (Å²) in [5, 5.41) is 2.92. The van der Waals surface area contributed by atoms with Gasteiger partial charge in [-0.2, -0.15) is 0 Å². The van der Waals surface area contributed by atoms with Gasteiger partial charge in [0.15, 0.2) is 6.61 Å². The summed E-state index contributed by atoms with van der Waals surface area (Å²) in [6.45, 7) is 1.01. The van der Waals surface area contributed by atoms with E-state index in [1.807, 2.05) is 0 Å². The van der Waals surface area contributed by atoms with Gasteiger partial charge in [-0.25, -0.2) is 4.39 Å². The highest BCUT2D eigenvalue weighted by atomic mass is 35.5. The lowest BCUT2D eigenvalue weighted by Crippen LogP contribution is -2.14. The third-order valence-corrected chi connectivity index (χ3v) is 2.99. The van der Waals surface area contributed by atoms with E-state index < -0.39 is 11.6 Å². The molecule has 2 rings (SSSR count). The molecule has 0 radical (unpaired) electrons. The summed E-state index contributed by atoms with van der Waals surface area (Å²) in [7, 11) is 0. The maximum atomic E-state index is 13.9. The van der Waals surface area contributed by atoms with Crippen LogP contribution in [0.2, 0.25) is 5.02 Å². The van der Waals surface area contributed by atoms with Gasteiger partial charge in [0.25, 0.3) is 0 Å². The predicted octanol–water partition coefficient (Wildman–Crippen LogP) is 3.70. The molecule has 1 N–H and O–H groups in total. The van der Waals surface area contributed by atoms with Crippen LogP contribution in [0.15, 0.2) is 42.5 Å². The van der Waals surface area contributed by atoms with Crippen molar-refractivity contribution < 1.29 is 18.7 Å². The average molecular weight is 322 g/mol. The highest BCUT2D eigenvalue weighted by Gasteiger charge is 2.13. The molecule has 0 fully saturated rings. The second-order valence-electron chi connectivity index (χ2n) is 4.55. The van der Waals surface area contributed by atoms with E-state index in [0.717, 1.165) is 6.07 Å². The monoisotopic (exact) mass is 321 g/mol. The minimum Gasteiger partial charge on any atom is -0.485 e. The Hall–Kier alpha value is -2.40. The number of nitrogens with one attached hydrogen (secondary N) is 1. The van der Waals surface area contributed by atoms with Gasteiger partial charge in [0.05, 0.1) is 5.56 Å². The van der Waals surface area contributed by atoms with Crippen LogP contribution in [-0.2, 0) is 4.79 Å². The van der Waals surface area contributed by atoms with Gasteiger partial charge in [-0.15, -0.1) is 0 Å². The summed E-state index contributed by atoms with van der Waals surface area (Å²) in [4.78, 5) is 22.9. The number of hydrogen-bond donors (Lipinski definition) is 1. The summed E-state index contributed by atoms with van der Waals surface area (Å²) >= 11 is 5.80. The Morgan fingerprint density at radius 1 is 1.23 bits per heavy atom. The number of ketones is 1. The maximum Gasteiger partial charge on any atom is 0.221 e. The van der Waals surface area contributed by atoms with E-state index in [4.69, 9.17) is 16.3 Å². The first-order valence-corrected chi connectivity index (χ1v) is 6.82. The Labute approximate surface area is 131 Å². The molecule has 0 saturated heterocycles. The molecule has 2 aromatic carbocycles. The molecule has 0 aromatic heterocycles. The molecule has 2 aromatic rings. The topological polar surface area (TPSA) is 55.4 Å². The SMILES string of the molecule is CC(=O)Nc1ccc(C(=O)COc2cccc(Cl)c2)c(F)c1. The number of benzene rings is 2. The van der Waals surface area contributed by atoms with Crippen LogP contribution in [0, 0.1) is 5.82 Å². The summed E-state index contributed by atoms with van der Waals surface area (Å²) < 4.78 is 19.2. The molecular formula is C16H13ClFNO3. The first-order valence-electron chi connectivity index (χ1n) is 6.44. The normalized spacial score (nSPS) is 10.1. The quantitative estimate of drug-likeness (QED) is 0.854. The lowest BCUT2D eigenvalue weighted by atomic mass is 10.1. The highest BCUT2D eigenvalue weighted by molar-refractivity contribution is 6.30. The van der Waals surface area contributed by atoms with Crippen LogP contribution in [0.4, 0.5) is 10.1 Å². The van der Waals surface area contributed by atoms with Crippen molar-refractivity contribution in [3.8, 4) is 5.75 Å². The molecule has 1 amide bonds. The molecule has 0 aliphatic rings. The van der Waals surface area contributed by atoms with Gasteiger partial charge in [-0.1, -0.05) is 17.7 Å². The van der Waals surface area contributed by atoms with E-state index in [-0.39, 0.29) is 23.8 Å². The molecule has 0 aliphatic heterocycles. The van der Waals surface area contributed by atoms with Crippen LogP contribution in [0.25, 0.3) is 0 Å². The van der Waals surface area contributed by atoms with E-state index in [0.29, 0.717) is 10.8 Å².